The van der Waals surface area contributed by atoms with E-state index in [4.69, 9.17) is 28.9 Å². The molecule has 0 radical (unpaired) electrons. The summed E-state index contributed by atoms with van der Waals surface area (Å²) in [6.45, 7) is 1.97. The second kappa shape index (κ2) is 6.60. The zero-order chi connectivity index (χ0) is 15.6. The van der Waals surface area contributed by atoms with Crippen molar-refractivity contribution in [3.05, 3.63) is 39.3 Å². The number of amides is 1. The summed E-state index contributed by atoms with van der Waals surface area (Å²) in [5.41, 5.74) is 1.67. The van der Waals surface area contributed by atoms with E-state index in [-0.39, 0.29) is 18.9 Å². The van der Waals surface area contributed by atoms with Crippen molar-refractivity contribution in [3.63, 3.8) is 0 Å². The number of aliphatic carboxylic acids is 1. The second-order valence-corrected chi connectivity index (χ2v) is 6.51. The highest BCUT2D eigenvalue weighted by Crippen LogP contribution is 2.34. The van der Waals surface area contributed by atoms with Gasteiger partial charge in [-0.05, 0) is 24.1 Å². The molecular formula is C14H12ClNO3S2. The summed E-state index contributed by atoms with van der Waals surface area (Å²) in [5, 5.41) is 9.29. The maximum atomic E-state index is 12.2. The van der Waals surface area contributed by atoms with E-state index >= 15 is 0 Å². The number of hydrogen-bond acceptors (Lipinski definition) is 4. The molecule has 4 nitrogen and oxygen atoms in total. The molecule has 1 aromatic carbocycles. The highest BCUT2D eigenvalue weighted by Gasteiger charge is 2.32. The molecule has 1 N–H and O–H groups in total. The Morgan fingerprint density at radius 2 is 2.24 bits per heavy atom. The van der Waals surface area contributed by atoms with Gasteiger partial charge in [0.1, 0.15) is 4.32 Å². The fourth-order valence-electron chi connectivity index (χ4n) is 1.82. The van der Waals surface area contributed by atoms with Crippen LogP contribution in [0.25, 0.3) is 6.08 Å². The fourth-order valence-corrected chi connectivity index (χ4v) is 3.30. The first-order valence-corrected chi connectivity index (χ1v) is 7.72. The molecular weight excluding hydrogens is 330 g/mol. The molecule has 0 bridgehead atoms. The Labute approximate surface area is 136 Å². The minimum Gasteiger partial charge on any atom is -0.481 e. The van der Waals surface area contributed by atoms with E-state index in [0.717, 1.165) is 22.9 Å². The largest absolute Gasteiger partial charge is 0.481 e. The van der Waals surface area contributed by atoms with E-state index in [1.807, 2.05) is 25.1 Å². The van der Waals surface area contributed by atoms with Crippen LogP contribution in [-0.2, 0) is 9.59 Å². The van der Waals surface area contributed by atoms with Crippen molar-refractivity contribution in [2.45, 2.75) is 13.3 Å². The number of nitrogens with zero attached hydrogens (tertiary/aromatic N) is 1. The lowest BCUT2D eigenvalue weighted by Crippen LogP contribution is -2.30. The Bertz CT molecular complexity index is 658. The fraction of sp³-hybridized carbons (Fsp3) is 0.214. The van der Waals surface area contributed by atoms with Gasteiger partial charge in [-0.25, -0.2) is 0 Å². The lowest BCUT2D eigenvalue weighted by molar-refractivity contribution is -0.137. The highest BCUT2D eigenvalue weighted by molar-refractivity contribution is 8.26. The van der Waals surface area contributed by atoms with E-state index in [0.29, 0.717) is 14.2 Å². The standard InChI is InChI=1S/C14H12ClNO3S2/c1-8-3-2-4-9(12(8)15)7-10-13(19)16(14(20)21-10)6-5-11(17)18/h2-4,7H,5-6H2,1H3,(H,17,18)/b10-7-. The molecule has 7 heteroatoms. The first-order valence-electron chi connectivity index (χ1n) is 6.12. The van der Waals surface area contributed by atoms with Gasteiger partial charge in [-0.15, -0.1) is 0 Å². The van der Waals surface area contributed by atoms with E-state index in [2.05, 4.69) is 0 Å². The van der Waals surface area contributed by atoms with Crippen LogP contribution in [-0.4, -0.2) is 32.7 Å². The van der Waals surface area contributed by atoms with Gasteiger partial charge >= 0.3 is 5.97 Å². The topological polar surface area (TPSA) is 57.6 Å². The van der Waals surface area contributed by atoms with E-state index in [9.17, 15) is 9.59 Å². The molecule has 0 unspecified atom stereocenters. The maximum absolute atomic E-state index is 12.2. The molecule has 0 spiro atoms. The summed E-state index contributed by atoms with van der Waals surface area (Å²) in [6, 6.07) is 5.56. The van der Waals surface area contributed by atoms with Gasteiger partial charge in [0.15, 0.2) is 0 Å². The normalized spacial score (nSPS) is 16.9. The van der Waals surface area contributed by atoms with Crippen molar-refractivity contribution in [2.24, 2.45) is 0 Å². The summed E-state index contributed by atoms with van der Waals surface area (Å²) >= 11 is 12.5. The summed E-state index contributed by atoms with van der Waals surface area (Å²) < 4.78 is 0.372. The van der Waals surface area contributed by atoms with Crippen molar-refractivity contribution in [1.29, 1.82) is 0 Å². The van der Waals surface area contributed by atoms with Crippen molar-refractivity contribution >= 4 is 57.9 Å². The molecule has 1 saturated heterocycles. The van der Waals surface area contributed by atoms with E-state index in [1.165, 1.54) is 4.90 Å². The van der Waals surface area contributed by atoms with Gasteiger partial charge in [0.05, 0.1) is 16.3 Å². The number of carboxylic acid groups (broad SMARTS) is 1. The zero-order valence-corrected chi connectivity index (χ0v) is 13.5. The van der Waals surface area contributed by atoms with Gasteiger partial charge in [0, 0.05) is 6.54 Å². The quantitative estimate of drug-likeness (QED) is 0.672. The van der Waals surface area contributed by atoms with Crippen LogP contribution in [0.3, 0.4) is 0 Å². The Balaban J connectivity index is 2.24. The summed E-state index contributed by atoms with van der Waals surface area (Å²) in [5.74, 6) is -1.24. The number of thiocarbonyl (C=S) groups is 1. The van der Waals surface area contributed by atoms with Gasteiger partial charge in [0.25, 0.3) is 5.91 Å². The van der Waals surface area contributed by atoms with Crippen molar-refractivity contribution in [1.82, 2.24) is 4.90 Å². The third-order valence-electron chi connectivity index (χ3n) is 2.93. The van der Waals surface area contributed by atoms with Crippen LogP contribution in [0.4, 0.5) is 0 Å². The average Bonchev–Trinajstić information content (AvgIpc) is 2.68. The molecule has 2 rings (SSSR count). The molecule has 1 aliphatic heterocycles. The molecule has 0 atom stereocenters. The Morgan fingerprint density at radius 3 is 2.90 bits per heavy atom. The molecule has 0 aliphatic carbocycles. The number of thioether (sulfide) groups is 1. The minimum absolute atomic E-state index is 0.0822. The van der Waals surface area contributed by atoms with Crippen molar-refractivity contribution in [2.75, 3.05) is 6.54 Å². The van der Waals surface area contributed by atoms with Crippen LogP contribution in [0.5, 0.6) is 0 Å². The monoisotopic (exact) mass is 341 g/mol. The number of benzene rings is 1. The molecule has 0 aromatic heterocycles. The lowest BCUT2D eigenvalue weighted by Gasteiger charge is -2.12. The van der Waals surface area contributed by atoms with Gasteiger partial charge in [0.2, 0.25) is 0 Å². The second-order valence-electron chi connectivity index (χ2n) is 4.46. The van der Waals surface area contributed by atoms with Crippen LogP contribution in [0.2, 0.25) is 5.02 Å². The Morgan fingerprint density at radius 1 is 1.52 bits per heavy atom. The number of halogens is 1. The molecule has 21 heavy (non-hydrogen) atoms. The molecule has 110 valence electrons. The van der Waals surface area contributed by atoms with Crippen molar-refractivity contribution in [3.8, 4) is 0 Å². The minimum atomic E-state index is -0.963. The SMILES string of the molecule is Cc1cccc(/C=C2\SC(=S)N(CCC(=O)O)C2=O)c1Cl. The number of carbonyl (C=O) groups is 2. The predicted molar refractivity (Wildman–Crippen MR) is 88.3 cm³/mol. The van der Waals surface area contributed by atoms with Gasteiger partial charge < -0.3 is 5.11 Å². The maximum Gasteiger partial charge on any atom is 0.305 e. The predicted octanol–water partition coefficient (Wildman–Crippen LogP) is 3.32. The number of carboxylic acids is 1. The lowest BCUT2D eigenvalue weighted by atomic mass is 10.1. The first kappa shape index (κ1) is 16.0. The molecule has 0 saturated carbocycles. The average molecular weight is 342 g/mol. The molecule has 1 aromatic rings. The molecule has 1 fully saturated rings. The third-order valence-corrected chi connectivity index (χ3v) is 4.83. The van der Waals surface area contributed by atoms with Crippen LogP contribution < -0.4 is 0 Å². The number of carbonyl (C=O) groups excluding carboxylic acids is 1. The summed E-state index contributed by atoms with van der Waals surface area (Å²) in [7, 11) is 0. The molecule has 1 aliphatic rings. The van der Waals surface area contributed by atoms with Crippen LogP contribution in [0.15, 0.2) is 23.1 Å². The van der Waals surface area contributed by atoms with Crippen molar-refractivity contribution < 1.29 is 14.7 Å². The summed E-state index contributed by atoms with van der Waals surface area (Å²) in [6.07, 6.45) is 1.56. The van der Waals surface area contributed by atoms with E-state index < -0.39 is 5.97 Å². The van der Waals surface area contributed by atoms with Gasteiger partial charge in [-0.2, -0.15) is 0 Å². The summed E-state index contributed by atoms with van der Waals surface area (Å²) in [4.78, 5) is 24.6. The molecule has 1 heterocycles. The molecule has 1 amide bonds. The number of rotatable bonds is 4. The third kappa shape index (κ3) is 3.64. The Kier molecular flexibility index (Phi) is 5.03. The van der Waals surface area contributed by atoms with Crippen LogP contribution in [0.1, 0.15) is 17.5 Å². The number of hydrogen-bond donors (Lipinski definition) is 1. The first-order chi connectivity index (χ1) is 9.90. The number of aryl methyl sites for hydroxylation is 1. The van der Waals surface area contributed by atoms with Crippen LogP contribution in [0, 0.1) is 6.92 Å². The van der Waals surface area contributed by atoms with Gasteiger partial charge in [-0.3, -0.25) is 14.5 Å². The van der Waals surface area contributed by atoms with E-state index in [1.54, 1.807) is 6.08 Å². The Hall–Kier alpha value is -1.37. The smallest absolute Gasteiger partial charge is 0.305 e. The van der Waals surface area contributed by atoms with Gasteiger partial charge in [-0.1, -0.05) is 53.8 Å². The zero-order valence-electron chi connectivity index (χ0n) is 11.1. The van der Waals surface area contributed by atoms with Crippen LogP contribution >= 0.6 is 35.6 Å². The highest BCUT2D eigenvalue weighted by atomic mass is 35.5.